The first-order valence-corrected chi connectivity index (χ1v) is 7.06. The molecule has 5 nitrogen and oxygen atoms in total. The van der Waals surface area contributed by atoms with Gasteiger partial charge < -0.3 is 5.73 Å². The molecule has 0 spiro atoms. The molecule has 1 aromatic rings. The fraction of sp³-hybridized carbons (Fsp3) is 0.455. The lowest BCUT2D eigenvalue weighted by Gasteiger charge is -2.19. The second-order valence-corrected chi connectivity index (χ2v) is 5.84. The van der Waals surface area contributed by atoms with Crippen LogP contribution >= 0.6 is 0 Å². The Kier molecular flexibility index (Phi) is 3.01. The molecule has 94 valence electrons. The first-order valence-electron chi connectivity index (χ1n) is 5.62. The second-order valence-electron chi connectivity index (χ2n) is 4.16. The van der Waals surface area contributed by atoms with Crippen LogP contribution < -0.4 is 14.8 Å². The van der Waals surface area contributed by atoms with Crippen molar-refractivity contribution in [2.75, 3.05) is 23.1 Å². The maximum Gasteiger partial charge on any atom is 0.301 e. The zero-order chi connectivity index (χ0) is 12.6. The van der Waals surface area contributed by atoms with Gasteiger partial charge in [-0.15, -0.1) is 0 Å². The predicted molar refractivity (Wildman–Crippen MR) is 69.2 cm³/mol. The van der Waals surface area contributed by atoms with Crippen LogP contribution in [0.25, 0.3) is 0 Å². The Morgan fingerprint density at radius 2 is 2.18 bits per heavy atom. The van der Waals surface area contributed by atoms with E-state index in [1.165, 1.54) is 4.31 Å². The number of hydrogen-bond donors (Lipinski definition) is 2. The lowest BCUT2D eigenvalue weighted by molar-refractivity contribution is 0.580. The maximum atomic E-state index is 12.0. The van der Waals surface area contributed by atoms with Crippen molar-refractivity contribution < 1.29 is 8.42 Å². The van der Waals surface area contributed by atoms with Crippen LogP contribution in [0.5, 0.6) is 0 Å². The normalized spacial score (nSPS) is 15.1. The molecule has 0 fully saturated rings. The van der Waals surface area contributed by atoms with E-state index in [0.717, 1.165) is 17.5 Å². The average Bonchev–Trinajstić information content (AvgIpc) is 2.62. The Balaban J connectivity index is 2.44. The molecule has 2 rings (SSSR count). The Hall–Kier alpha value is -1.27. The molecule has 0 unspecified atom stereocenters. The summed E-state index contributed by atoms with van der Waals surface area (Å²) in [6, 6.07) is 3.71. The molecule has 0 saturated heterocycles. The smallest absolute Gasteiger partial charge is 0.301 e. The van der Waals surface area contributed by atoms with Crippen molar-refractivity contribution in [1.82, 2.24) is 4.72 Å². The van der Waals surface area contributed by atoms with E-state index in [1.807, 2.05) is 13.0 Å². The van der Waals surface area contributed by atoms with E-state index < -0.39 is 10.2 Å². The van der Waals surface area contributed by atoms with Crippen LogP contribution in [0.2, 0.25) is 0 Å². The zero-order valence-corrected chi connectivity index (χ0v) is 10.8. The molecule has 6 heteroatoms. The van der Waals surface area contributed by atoms with Gasteiger partial charge in [0.2, 0.25) is 0 Å². The molecule has 1 aliphatic rings. The molecule has 1 aliphatic heterocycles. The van der Waals surface area contributed by atoms with Crippen LogP contribution in [0.3, 0.4) is 0 Å². The van der Waals surface area contributed by atoms with Crippen molar-refractivity contribution in [1.29, 1.82) is 0 Å². The number of hydrogen-bond acceptors (Lipinski definition) is 3. The summed E-state index contributed by atoms with van der Waals surface area (Å²) in [4.78, 5) is 0. The van der Waals surface area contributed by atoms with Crippen LogP contribution in [-0.4, -0.2) is 21.5 Å². The number of nitrogen functional groups attached to an aromatic ring is 1. The Labute approximate surface area is 102 Å². The Bertz CT molecular complexity index is 540. The third-order valence-electron chi connectivity index (χ3n) is 2.94. The predicted octanol–water partition coefficient (Wildman–Crippen LogP) is 0.794. The average molecular weight is 255 g/mol. The monoisotopic (exact) mass is 255 g/mol. The van der Waals surface area contributed by atoms with Crippen molar-refractivity contribution in [2.45, 2.75) is 20.3 Å². The quantitative estimate of drug-likeness (QED) is 0.784. The molecule has 1 aromatic carbocycles. The van der Waals surface area contributed by atoms with Gasteiger partial charge in [0, 0.05) is 18.8 Å². The standard InChI is InChI=1S/C11H17N3O2S/c1-3-13-17(15,16)14-5-4-9-6-8(2)10(12)7-11(9)14/h6-7,13H,3-5,12H2,1-2H3. The highest BCUT2D eigenvalue weighted by molar-refractivity contribution is 7.90. The number of benzene rings is 1. The second kappa shape index (κ2) is 4.19. The van der Waals surface area contributed by atoms with Gasteiger partial charge in [0.15, 0.2) is 0 Å². The molecule has 0 bridgehead atoms. The summed E-state index contributed by atoms with van der Waals surface area (Å²) in [7, 11) is -3.43. The lowest BCUT2D eigenvalue weighted by atomic mass is 10.1. The maximum absolute atomic E-state index is 12.0. The highest BCUT2D eigenvalue weighted by Gasteiger charge is 2.29. The number of nitrogens with one attached hydrogen (secondary N) is 1. The molecule has 17 heavy (non-hydrogen) atoms. The zero-order valence-electron chi connectivity index (χ0n) is 10.0. The molecular formula is C11H17N3O2S. The number of nitrogens with two attached hydrogens (primary N) is 1. The first-order chi connectivity index (χ1) is 7.95. The van der Waals surface area contributed by atoms with Gasteiger partial charge in [-0.1, -0.05) is 13.0 Å². The Morgan fingerprint density at radius 3 is 2.82 bits per heavy atom. The van der Waals surface area contributed by atoms with E-state index in [2.05, 4.69) is 4.72 Å². The van der Waals surface area contributed by atoms with E-state index in [4.69, 9.17) is 5.73 Å². The van der Waals surface area contributed by atoms with Gasteiger partial charge >= 0.3 is 10.2 Å². The van der Waals surface area contributed by atoms with Crippen molar-refractivity contribution in [3.8, 4) is 0 Å². The van der Waals surface area contributed by atoms with Crippen LogP contribution in [0.1, 0.15) is 18.1 Å². The Morgan fingerprint density at radius 1 is 1.47 bits per heavy atom. The van der Waals surface area contributed by atoms with Gasteiger partial charge in [-0.2, -0.15) is 13.1 Å². The molecule has 0 aromatic heterocycles. The highest BCUT2D eigenvalue weighted by Crippen LogP contribution is 2.33. The van der Waals surface area contributed by atoms with Crippen LogP contribution in [0, 0.1) is 6.92 Å². The third kappa shape index (κ3) is 2.10. The summed E-state index contributed by atoms with van der Waals surface area (Å²) < 4.78 is 27.8. The summed E-state index contributed by atoms with van der Waals surface area (Å²) in [6.45, 7) is 4.55. The minimum Gasteiger partial charge on any atom is -0.398 e. The van der Waals surface area contributed by atoms with Gasteiger partial charge in [0.1, 0.15) is 0 Å². The number of nitrogens with zero attached hydrogens (tertiary/aromatic N) is 1. The summed E-state index contributed by atoms with van der Waals surface area (Å²) in [5, 5.41) is 0. The van der Waals surface area contributed by atoms with Crippen molar-refractivity contribution >= 4 is 21.6 Å². The van der Waals surface area contributed by atoms with Crippen LogP contribution in [0.4, 0.5) is 11.4 Å². The van der Waals surface area contributed by atoms with E-state index in [1.54, 1.807) is 13.0 Å². The SMILES string of the molecule is CCNS(=O)(=O)N1CCc2cc(C)c(N)cc21. The number of anilines is 2. The number of aryl methyl sites for hydroxylation is 1. The van der Waals surface area contributed by atoms with Gasteiger partial charge in [-0.3, -0.25) is 4.31 Å². The van der Waals surface area contributed by atoms with Crippen molar-refractivity contribution in [2.24, 2.45) is 0 Å². The van der Waals surface area contributed by atoms with Gasteiger partial charge in [0.05, 0.1) is 5.69 Å². The summed E-state index contributed by atoms with van der Waals surface area (Å²) >= 11 is 0. The largest absolute Gasteiger partial charge is 0.398 e. The molecule has 0 amide bonds. The van der Waals surface area contributed by atoms with E-state index >= 15 is 0 Å². The molecule has 3 N–H and O–H groups in total. The molecule has 0 atom stereocenters. The lowest BCUT2D eigenvalue weighted by Crippen LogP contribution is -2.39. The molecule has 0 saturated carbocycles. The number of fused-ring (bicyclic) bond motifs is 1. The van der Waals surface area contributed by atoms with Crippen LogP contribution in [0.15, 0.2) is 12.1 Å². The summed E-state index contributed by atoms with van der Waals surface area (Å²) in [5.74, 6) is 0. The van der Waals surface area contributed by atoms with Crippen molar-refractivity contribution in [3.05, 3.63) is 23.3 Å². The van der Waals surface area contributed by atoms with Crippen molar-refractivity contribution in [3.63, 3.8) is 0 Å². The fourth-order valence-electron chi connectivity index (χ4n) is 2.06. The summed E-state index contributed by atoms with van der Waals surface area (Å²) in [6.07, 6.45) is 0.737. The highest BCUT2D eigenvalue weighted by atomic mass is 32.2. The van der Waals surface area contributed by atoms with E-state index in [0.29, 0.717) is 24.5 Å². The van der Waals surface area contributed by atoms with Gasteiger partial charge in [-0.05, 0) is 30.5 Å². The third-order valence-corrected chi connectivity index (χ3v) is 4.55. The summed E-state index contributed by atoms with van der Waals surface area (Å²) in [5.41, 5.74) is 9.19. The first kappa shape index (κ1) is 12.2. The molecule has 0 radical (unpaired) electrons. The van der Waals surface area contributed by atoms with Crippen LogP contribution in [-0.2, 0) is 16.6 Å². The van der Waals surface area contributed by atoms with E-state index in [9.17, 15) is 8.42 Å². The van der Waals surface area contributed by atoms with Gasteiger partial charge in [0.25, 0.3) is 0 Å². The minimum absolute atomic E-state index is 0.384. The topological polar surface area (TPSA) is 75.4 Å². The molecule has 1 heterocycles. The number of rotatable bonds is 3. The van der Waals surface area contributed by atoms with E-state index in [-0.39, 0.29) is 0 Å². The molecule has 0 aliphatic carbocycles. The molecular weight excluding hydrogens is 238 g/mol. The van der Waals surface area contributed by atoms with Gasteiger partial charge in [-0.25, -0.2) is 0 Å². The minimum atomic E-state index is -3.43. The fourth-order valence-corrected chi connectivity index (χ4v) is 3.34.